The van der Waals surface area contributed by atoms with Gasteiger partial charge in [0.1, 0.15) is 0 Å². The lowest BCUT2D eigenvalue weighted by Crippen LogP contribution is -2.25. The standard InChI is InChI=1S/C25H25N3O3S/c29-25(20-9-5-10-22(17-20)28-14-6-16-32(28,30)31)26-23-11-3-1-8-21(23)18-27-15-13-19-7-2-4-12-24(19)27/h1-5,7-12,17H,6,13-16,18H2,(H,26,29). The van der Waals surface area contributed by atoms with Crippen LogP contribution in [0.5, 0.6) is 0 Å². The molecule has 0 unspecified atom stereocenters. The van der Waals surface area contributed by atoms with Crippen molar-refractivity contribution >= 4 is 33.0 Å². The summed E-state index contributed by atoms with van der Waals surface area (Å²) in [6, 6.07) is 23.1. The van der Waals surface area contributed by atoms with Gasteiger partial charge >= 0.3 is 0 Å². The van der Waals surface area contributed by atoms with Gasteiger partial charge in [0, 0.05) is 36.6 Å². The maximum Gasteiger partial charge on any atom is 0.255 e. The van der Waals surface area contributed by atoms with Gasteiger partial charge in [0.15, 0.2) is 0 Å². The number of hydrogen-bond acceptors (Lipinski definition) is 4. The Balaban J connectivity index is 1.36. The summed E-state index contributed by atoms with van der Waals surface area (Å²) in [7, 11) is -3.29. The van der Waals surface area contributed by atoms with E-state index >= 15 is 0 Å². The van der Waals surface area contributed by atoms with Crippen LogP contribution in [0.4, 0.5) is 17.1 Å². The van der Waals surface area contributed by atoms with E-state index in [2.05, 4.69) is 34.5 Å². The molecule has 2 aliphatic rings. The van der Waals surface area contributed by atoms with Crippen LogP contribution in [0.2, 0.25) is 0 Å². The summed E-state index contributed by atoms with van der Waals surface area (Å²) in [6.07, 6.45) is 1.63. The van der Waals surface area contributed by atoms with Gasteiger partial charge in [-0.15, -0.1) is 0 Å². The quantitative estimate of drug-likeness (QED) is 0.641. The Morgan fingerprint density at radius 1 is 0.938 bits per heavy atom. The molecule has 32 heavy (non-hydrogen) atoms. The molecule has 1 amide bonds. The Kier molecular flexibility index (Phi) is 5.35. The van der Waals surface area contributed by atoms with Crippen molar-refractivity contribution in [1.82, 2.24) is 0 Å². The molecule has 0 aromatic heterocycles. The van der Waals surface area contributed by atoms with E-state index in [1.54, 1.807) is 24.3 Å². The zero-order chi connectivity index (χ0) is 22.1. The fourth-order valence-electron chi connectivity index (χ4n) is 4.48. The van der Waals surface area contributed by atoms with Crippen molar-refractivity contribution in [3.8, 4) is 0 Å². The molecule has 0 radical (unpaired) electrons. The van der Waals surface area contributed by atoms with Crippen LogP contribution >= 0.6 is 0 Å². The van der Waals surface area contributed by atoms with Gasteiger partial charge in [-0.05, 0) is 54.3 Å². The number of hydrogen-bond donors (Lipinski definition) is 1. The SMILES string of the molecule is O=C(Nc1ccccc1CN1CCc2ccccc21)c1cccc(N2CCCS2(=O)=O)c1. The molecule has 5 rings (SSSR count). The van der Waals surface area contributed by atoms with Gasteiger partial charge in [0.05, 0.1) is 11.4 Å². The van der Waals surface area contributed by atoms with Gasteiger partial charge in [-0.1, -0.05) is 42.5 Å². The number of para-hydroxylation sites is 2. The third kappa shape index (κ3) is 3.96. The average Bonchev–Trinajstić information content (AvgIpc) is 3.37. The first-order valence-corrected chi connectivity index (χ1v) is 12.4. The maximum absolute atomic E-state index is 13.0. The van der Waals surface area contributed by atoms with Crippen molar-refractivity contribution in [2.75, 3.05) is 33.4 Å². The van der Waals surface area contributed by atoms with E-state index in [1.807, 2.05) is 24.3 Å². The molecular weight excluding hydrogens is 422 g/mol. The Labute approximate surface area is 188 Å². The van der Waals surface area contributed by atoms with Crippen LogP contribution in [0.25, 0.3) is 0 Å². The minimum Gasteiger partial charge on any atom is -0.367 e. The van der Waals surface area contributed by atoms with Crippen molar-refractivity contribution in [1.29, 1.82) is 0 Å². The second-order valence-electron chi connectivity index (χ2n) is 8.20. The number of carbonyl (C=O) groups is 1. The number of rotatable bonds is 5. The maximum atomic E-state index is 13.0. The van der Waals surface area contributed by atoms with Crippen LogP contribution in [-0.4, -0.2) is 33.2 Å². The number of sulfonamides is 1. The molecule has 3 aromatic rings. The Bertz CT molecular complexity index is 1270. The average molecular weight is 448 g/mol. The Morgan fingerprint density at radius 2 is 1.75 bits per heavy atom. The van der Waals surface area contributed by atoms with Gasteiger partial charge in [-0.3, -0.25) is 9.10 Å². The second kappa shape index (κ2) is 8.31. The summed E-state index contributed by atoms with van der Waals surface area (Å²) in [4.78, 5) is 15.4. The fourth-order valence-corrected chi connectivity index (χ4v) is 6.04. The summed E-state index contributed by atoms with van der Waals surface area (Å²) in [6.45, 7) is 2.11. The predicted molar refractivity (Wildman–Crippen MR) is 128 cm³/mol. The molecule has 1 fully saturated rings. The van der Waals surface area contributed by atoms with Gasteiger partial charge in [0.2, 0.25) is 10.0 Å². The molecule has 3 aromatic carbocycles. The minimum absolute atomic E-state index is 0.149. The molecule has 2 aliphatic heterocycles. The number of amides is 1. The zero-order valence-electron chi connectivity index (χ0n) is 17.7. The number of anilines is 3. The summed E-state index contributed by atoms with van der Waals surface area (Å²) in [5.41, 5.74) is 5.37. The van der Waals surface area contributed by atoms with Crippen LogP contribution in [-0.2, 0) is 23.0 Å². The van der Waals surface area contributed by atoms with Crippen LogP contribution in [0.15, 0.2) is 72.8 Å². The van der Waals surface area contributed by atoms with E-state index in [0.29, 0.717) is 30.8 Å². The highest BCUT2D eigenvalue weighted by molar-refractivity contribution is 7.93. The molecule has 6 nitrogen and oxygen atoms in total. The van der Waals surface area contributed by atoms with E-state index < -0.39 is 10.0 Å². The monoisotopic (exact) mass is 447 g/mol. The van der Waals surface area contributed by atoms with Gasteiger partial charge < -0.3 is 10.2 Å². The van der Waals surface area contributed by atoms with E-state index in [1.165, 1.54) is 15.6 Å². The summed E-state index contributed by atoms with van der Waals surface area (Å²) in [5, 5.41) is 3.03. The van der Waals surface area contributed by atoms with Gasteiger partial charge in [-0.25, -0.2) is 8.42 Å². The summed E-state index contributed by atoms with van der Waals surface area (Å²) < 4.78 is 25.9. The van der Waals surface area contributed by atoms with E-state index in [9.17, 15) is 13.2 Å². The van der Waals surface area contributed by atoms with Gasteiger partial charge in [-0.2, -0.15) is 0 Å². The normalized spacial score (nSPS) is 16.8. The first kappa shape index (κ1) is 20.6. The molecule has 0 aliphatic carbocycles. The first-order valence-electron chi connectivity index (χ1n) is 10.8. The van der Waals surface area contributed by atoms with Crippen LogP contribution in [0.3, 0.4) is 0 Å². The number of carbonyl (C=O) groups excluding carboxylic acids is 1. The van der Waals surface area contributed by atoms with E-state index in [-0.39, 0.29) is 11.7 Å². The summed E-state index contributed by atoms with van der Waals surface area (Å²) in [5.74, 6) is -0.103. The topological polar surface area (TPSA) is 69.7 Å². The third-order valence-electron chi connectivity index (χ3n) is 6.11. The fraction of sp³-hybridized carbons (Fsp3) is 0.240. The van der Waals surface area contributed by atoms with Crippen molar-refractivity contribution in [3.63, 3.8) is 0 Å². The molecule has 7 heteroatoms. The predicted octanol–water partition coefficient (Wildman–Crippen LogP) is 4.04. The molecule has 2 heterocycles. The van der Waals surface area contributed by atoms with Crippen LogP contribution in [0.1, 0.15) is 27.9 Å². The molecule has 1 saturated heterocycles. The molecule has 0 saturated carbocycles. The largest absolute Gasteiger partial charge is 0.367 e. The molecule has 0 atom stereocenters. The minimum atomic E-state index is -3.29. The van der Waals surface area contributed by atoms with E-state index in [4.69, 9.17) is 0 Å². The highest BCUT2D eigenvalue weighted by Crippen LogP contribution is 2.31. The van der Waals surface area contributed by atoms with Crippen molar-refractivity contribution in [2.24, 2.45) is 0 Å². The van der Waals surface area contributed by atoms with Crippen LogP contribution in [0, 0.1) is 0 Å². The van der Waals surface area contributed by atoms with Crippen molar-refractivity contribution in [2.45, 2.75) is 19.4 Å². The highest BCUT2D eigenvalue weighted by atomic mass is 32.2. The molecule has 1 N–H and O–H groups in total. The lowest BCUT2D eigenvalue weighted by molar-refractivity contribution is 0.102. The van der Waals surface area contributed by atoms with E-state index in [0.717, 1.165) is 24.2 Å². The summed E-state index contributed by atoms with van der Waals surface area (Å²) >= 11 is 0. The molecule has 0 bridgehead atoms. The van der Waals surface area contributed by atoms with Crippen molar-refractivity contribution in [3.05, 3.63) is 89.5 Å². The second-order valence-corrected chi connectivity index (χ2v) is 10.2. The first-order chi connectivity index (χ1) is 15.5. The lowest BCUT2D eigenvalue weighted by atomic mass is 10.1. The molecular formula is C25H25N3O3S. The number of nitrogens with zero attached hydrogens (tertiary/aromatic N) is 2. The Hall–Kier alpha value is -3.32. The lowest BCUT2D eigenvalue weighted by Gasteiger charge is -2.21. The Morgan fingerprint density at radius 3 is 2.59 bits per heavy atom. The number of benzene rings is 3. The van der Waals surface area contributed by atoms with Crippen LogP contribution < -0.4 is 14.5 Å². The third-order valence-corrected chi connectivity index (χ3v) is 7.98. The molecule has 0 spiro atoms. The molecule has 164 valence electrons. The van der Waals surface area contributed by atoms with Crippen molar-refractivity contribution < 1.29 is 13.2 Å². The number of nitrogens with one attached hydrogen (secondary N) is 1. The zero-order valence-corrected chi connectivity index (χ0v) is 18.5. The smallest absolute Gasteiger partial charge is 0.255 e. The highest BCUT2D eigenvalue weighted by Gasteiger charge is 2.28. The number of fused-ring (bicyclic) bond motifs is 1. The van der Waals surface area contributed by atoms with Gasteiger partial charge in [0.25, 0.3) is 5.91 Å².